The molecule has 2 N–H and O–H groups in total. The molecule has 3 aliphatic heterocycles. The Labute approximate surface area is 309 Å². The normalized spacial score (nSPS) is 29.7. The predicted molar refractivity (Wildman–Crippen MR) is 202 cm³/mol. The average Bonchev–Trinajstić information content (AvgIpc) is 3.11. The maximum atomic E-state index is 13.6. The fraction of sp³-hybridized carbons (Fsp3) is 0.667. The van der Waals surface area contributed by atoms with Crippen LogP contribution in [-0.4, -0.2) is 106 Å². The third-order valence-electron chi connectivity index (χ3n) is 12.2. The van der Waals surface area contributed by atoms with Crippen molar-refractivity contribution in [3.05, 3.63) is 58.1 Å². The number of sulfonamides is 1. The molecular formula is C39H57ClN4O6S. The highest BCUT2D eigenvalue weighted by Crippen LogP contribution is 2.46. The number of rotatable bonds is 5. The summed E-state index contributed by atoms with van der Waals surface area (Å²) in [5.41, 5.74) is 2.43. The molecule has 10 nitrogen and oxygen atoms in total. The van der Waals surface area contributed by atoms with Gasteiger partial charge in [0.25, 0.3) is 5.91 Å². The Bertz CT molecular complexity index is 1620. The summed E-state index contributed by atoms with van der Waals surface area (Å²) in [6.45, 7) is 11.4. The molecule has 12 heteroatoms. The van der Waals surface area contributed by atoms with Gasteiger partial charge in [-0.2, -0.15) is 0 Å². The molecule has 51 heavy (non-hydrogen) atoms. The molecular weight excluding hydrogens is 688 g/mol. The van der Waals surface area contributed by atoms with Crippen LogP contribution in [0.3, 0.4) is 0 Å². The maximum absolute atomic E-state index is 13.6. The van der Waals surface area contributed by atoms with Crippen LogP contribution < -0.4 is 14.4 Å². The topological polar surface area (TPSA) is 112 Å². The molecule has 2 fully saturated rings. The van der Waals surface area contributed by atoms with Crippen molar-refractivity contribution >= 4 is 33.2 Å². The minimum absolute atomic E-state index is 0.119. The van der Waals surface area contributed by atoms with Gasteiger partial charge in [0, 0.05) is 70.1 Å². The Morgan fingerprint density at radius 2 is 1.76 bits per heavy atom. The summed E-state index contributed by atoms with van der Waals surface area (Å²) in [4.78, 5) is 20.7. The molecule has 4 aliphatic rings. The van der Waals surface area contributed by atoms with E-state index in [0.29, 0.717) is 43.2 Å². The van der Waals surface area contributed by atoms with E-state index in [1.165, 1.54) is 5.56 Å². The number of fused-ring (bicyclic) bond motifs is 3. The summed E-state index contributed by atoms with van der Waals surface area (Å²) in [7, 11) is -2.21. The van der Waals surface area contributed by atoms with Crippen LogP contribution in [0.5, 0.6) is 5.75 Å². The lowest BCUT2D eigenvalue weighted by molar-refractivity contribution is -0.109. The molecule has 1 amide bonds. The Morgan fingerprint density at radius 1 is 0.980 bits per heavy atom. The number of ether oxygens (including phenoxy) is 2. The number of nitrogens with zero attached hydrogens (tertiary/aromatic N) is 3. The lowest BCUT2D eigenvalue weighted by Gasteiger charge is -2.51. The zero-order chi connectivity index (χ0) is 36.2. The summed E-state index contributed by atoms with van der Waals surface area (Å²) < 4.78 is 41.2. The molecule has 1 saturated heterocycles. The Hall–Kier alpha value is -2.41. The van der Waals surface area contributed by atoms with Crippen LogP contribution in [0.2, 0.25) is 5.02 Å². The zero-order valence-corrected chi connectivity index (χ0v) is 32.2. The second kappa shape index (κ2) is 16.7. The van der Waals surface area contributed by atoms with Crippen LogP contribution in [0.4, 0.5) is 5.69 Å². The first kappa shape index (κ1) is 38.3. The van der Waals surface area contributed by atoms with Crippen LogP contribution in [0.15, 0.2) is 36.4 Å². The lowest BCUT2D eigenvalue weighted by Crippen LogP contribution is -2.58. The SMILES string of the molecule is COCCN1CCN(CC2(O)CCC[C@H](C)[C@@H](C)S(=O)(=O)NC(=O)c3ccc4c(c3)N(CCCCc3cc(Cl)ccc3CO4)C[C@@H]3CC[C@H]32)CC1. The van der Waals surface area contributed by atoms with Crippen LogP contribution in [0, 0.1) is 17.8 Å². The number of aryl methyl sites for hydroxylation is 1. The van der Waals surface area contributed by atoms with Gasteiger partial charge in [0.1, 0.15) is 12.4 Å². The van der Waals surface area contributed by atoms with Gasteiger partial charge in [-0.1, -0.05) is 31.0 Å². The number of hydrogen-bond donors (Lipinski definition) is 2. The van der Waals surface area contributed by atoms with Gasteiger partial charge in [-0.05, 0) is 111 Å². The quantitative estimate of drug-likeness (QED) is 0.419. The van der Waals surface area contributed by atoms with E-state index in [1.54, 1.807) is 32.2 Å². The van der Waals surface area contributed by atoms with E-state index < -0.39 is 26.8 Å². The van der Waals surface area contributed by atoms with Crippen molar-refractivity contribution in [3.8, 4) is 5.75 Å². The minimum Gasteiger partial charge on any atom is -0.487 e. The van der Waals surface area contributed by atoms with Gasteiger partial charge in [-0.15, -0.1) is 0 Å². The molecule has 1 saturated carbocycles. The minimum atomic E-state index is -3.95. The average molecular weight is 745 g/mol. The highest BCUT2D eigenvalue weighted by molar-refractivity contribution is 7.90. The van der Waals surface area contributed by atoms with Crippen LogP contribution in [0.25, 0.3) is 0 Å². The van der Waals surface area contributed by atoms with Gasteiger partial charge in [-0.25, -0.2) is 13.1 Å². The number of anilines is 1. The zero-order valence-electron chi connectivity index (χ0n) is 30.6. The third kappa shape index (κ3) is 9.22. The first-order valence-corrected chi connectivity index (χ1v) is 20.9. The summed E-state index contributed by atoms with van der Waals surface area (Å²) in [6, 6.07) is 11.2. The van der Waals surface area contributed by atoms with E-state index in [9.17, 15) is 18.3 Å². The Morgan fingerprint density at radius 3 is 2.51 bits per heavy atom. The van der Waals surface area contributed by atoms with Crippen molar-refractivity contribution in [3.63, 3.8) is 0 Å². The van der Waals surface area contributed by atoms with E-state index in [-0.39, 0.29) is 23.3 Å². The van der Waals surface area contributed by atoms with Crippen molar-refractivity contribution in [2.24, 2.45) is 17.8 Å². The number of nitrogens with one attached hydrogen (secondary N) is 1. The second-order valence-corrected chi connectivity index (χ2v) is 18.0. The molecule has 282 valence electrons. The largest absolute Gasteiger partial charge is 0.487 e. The third-order valence-corrected chi connectivity index (χ3v) is 14.3. The molecule has 2 aromatic carbocycles. The van der Waals surface area contributed by atoms with E-state index in [4.69, 9.17) is 21.1 Å². The highest BCUT2D eigenvalue weighted by atomic mass is 35.5. The number of hydrogen-bond acceptors (Lipinski definition) is 9. The molecule has 1 aliphatic carbocycles. The number of methoxy groups -OCH3 is 1. The van der Waals surface area contributed by atoms with Crippen molar-refractivity contribution < 1.29 is 27.8 Å². The van der Waals surface area contributed by atoms with Gasteiger partial charge in [0.05, 0.1) is 23.1 Å². The fourth-order valence-corrected chi connectivity index (χ4v) is 10.1. The van der Waals surface area contributed by atoms with E-state index in [1.807, 2.05) is 25.1 Å². The van der Waals surface area contributed by atoms with Crippen molar-refractivity contribution in [2.45, 2.75) is 82.7 Å². The number of aliphatic hydroxyl groups is 1. The molecule has 0 aromatic heterocycles. The van der Waals surface area contributed by atoms with Gasteiger partial charge in [-0.3, -0.25) is 14.6 Å². The molecule has 2 aromatic rings. The standard InChI is InChI=1S/C39H57ClN4O6S/c1-28-7-6-15-39(46,27-43-19-17-42(18-20-43)21-22-49-3)35-13-10-32(35)25-44-16-5-4-8-30-23-34(40)12-9-33(30)26-50-37-14-11-31(24-36(37)44)38(45)41-51(47,48)29(28)2/h9,11-12,14,23-24,28-29,32,35,46H,4-8,10,13,15-22,25-27H2,1-3H3,(H,41,45)/t28-,29+,32-,35+,39?/m0/s1. The molecule has 2 bridgehead atoms. The number of β-amino-alcohol motifs (C(OH)–C–C–N with tert-alkyl or cyclic N) is 1. The molecule has 6 rings (SSSR count). The van der Waals surface area contributed by atoms with E-state index >= 15 is 0 Å². The first-order chi connectivity index (χ1) is 24.5. The van der Waals surface area contributed by atoms with E-state index in [0.717, 1.165) is 95.8 Å². The molecule has 0 radical (unpaired) electrons. The lowest BCUT2D eigenvalue weighted by atomic mass is 9.62. The summed E-state index contributed by atoms with van der Waals surface area (Å²) in [5.74, 6) is 0.222. The number of carbonyl (C=O) groups excluding carboxylic acids is 1. The molecule has 3 heterocycles. The van der Waals surface area contributed by atoms with Gasteiger partial charge in [0.15, 0.2) is 0 Å². The summed E-state index contributed by atoms with van der Waals surface area (Å²) in [6.07, 6.45) is 6.74. The number of benzene rings is 2. The van der Waals surface area contributed by atoms with Crippen molar-refractivity contribution in [1.82, 2.24) is 14.5 Å². The molecule has 0 spiro atoms. The van der Waals surface area contributed by atoms with Crippen LogP contribution in [-0.2, 0) is 27.8 Å². The van der Waals surface area contributed by atoms with Crippen molar-refractivity contribution in [1.29, 1.82) is 0 Å². The summed E-state index contributed by atoms with van der Waals surface area (Å²) >= 11 is 6.38. The van der Waals surface area contributed by atoms with Gasteiger partial charge < -0.3 is 19.5 Å². The van der Waals surface area contributed by atoms with Gasteiger partial charge in [0.2, 0.25) is 10.0 Å². The maximum Gasteiger partial charge on any atom is 0.264 e. The van der Waals surface area contributed by atoms with Crippen molar-refractivity contribution in [2.75, 3.05) is 71.0 Å². The Balaban J connectivity index is 1.32. The second-order valence-electron chi connectivity index (χ2n) is 15.5. The Kier molecular flexibility index (Phi) is 12.6. The molecule has 5 atom stereocenters. The molecule has 1 unspecified atom stereocenters. The number of carbonyl (C=O) groups is 1. The van der Waals surface area contributed by atoms with Gasteiger partial charge >= 0.3 is 0 Å². The highest BCUT2D eigenvalue weighted by Gasteiger charge is 2.48. The fourth-order valence-electron chi connectivity index (χ4n) is 8.57. The smallest absolute Gasteiger partial charge is 0.264 e. The predicted octanol–water partition coefficient (Wildman–Crippen LogP) is 5.35. The summed E-state index contributed by atoms with van der Waals surface area (Å²) in [5, 5.41) is 12.7. The number of piperazine rings is 1. The number of amides is 1. The number of halogens is 1. The van der Waals surface area contributed by atoms with Crippen LogP contribution in [0.1, 0.15) is 80.3 Å². The first-order valence-electron chi connectivity index (χ1n) is 19.0. The monoisotopic (exact) mass is 744 g/mol. The van der Waals surface area contributed by atoms with E-state index in [2.05, 4.69) is 19.4 Å². The van der Waals surface area contributed by atoms with Crippen LogP contribution >= 0.6 is 11.6 Å².